The standard InChI is InChI=1S/C14H17ClN2O/c1-9(2)16-8-14-17-7-13(18-14)11-4-5-12(15)10(3)6-11/h4-7,9,16H,8H2,1-3H3. The Hall–Kier alpha value is -1.32. The number of halogens is 1. The highest BCUT2D eigenvalue weighted by molar-refractivity contribution is 6.31. The average molecular weight is 265 g/mol. The molecule has 18 heavy (non-hydrogen) atoms. The zero-order chi connectivity index (χ0) is 13.1. The second-order valence-electron chi connectivity index (χ2n) is 4.62. The fraction of sp³-hybridized carbons (Fsp3) is 0.357. The molecule has 1 aromatic heterocycles. The molecule has 4 heteroatoms. The van der Waals surface area contributed by atoms with Crippen LogP contribution in [0.3, 0.4) is 0 Å². The molecule has 0 saturated carbocycles. The van der Waals surface area contributed by atoms with Crippen LogP contribution in [0.1, 0.15) is 25.3 Å². The minimum Gasteiger partial charge on any atom is -0.439 e. The van der Waals surface area contributed by atoms with Gasteiger partial charge in [-0.1, -0.05) is 25.4 Å². The van der Waals surface area contributed by atoms with Crippen LogP contribution in [-0.4, -0.2) is 11.0 Å². The lowest BCUT2D eigenvalue weighted by Crippen LogP contribution is -2.21. The van der Waals surface area contributed by atoms with E-state index in [4.69, 9.17) is 16.0 Å². The number of rotatable bonds is 4. The van der Waals surface area contributed by atoms with Crippen LogP contribution >= 0.6 is 11.6 Å². The van der Waals surface area contributed by atoms with Gasteiger partial charge in [-0.25, -0.2) is 4.98 Å². The fourth-order valence-electron chi connectivity index (χ4n) is 1.61. The van der Waals surface area contributed by atoms with Crippen LogP contribution in [0.2, 0.25) is 5.02 Å². The summed E-state index contributed by atoms with van der Waals surface area (Å²) in [4.78, 5) is 4.25. The number of nitrogens with one attached hydrogen (secondary N) is 1. The van der Waals surface area contributed by atoms with Gasteiger partial charge in [0, 0.05) is 16.6 Å². The van der Waals surface area contributed by atoms with Crippen LogP contribution in [0.5, 0.6) is 0 Å². The highest BCUT2D eigenvalue weighted by atomic mass is 35.5. The second kappa shape index (κ2) is 5.55. The largest absolute Gasteiger partial charge is 0.439 e. The molecule has 0 atom stereocenters. The zero-order valence-electron chi connectivity index (χ0n) is 10.8. The maximum Gasteiger partial charge on any atom is 0.208 e. The van der Waals surface area contributed by atoms with Crippen molar-refractivity contribution in [3.8, 4) is 11.3 Å². The van der Waals surface area contributed by atoms with Crippen molar-refractivity contribution in [1.29, 1.82) is 0 Å². The highest BCUT2D eigenvalue weighted by Crippen LogP contribution is 2.25. The molecule has 0 saturated heterocycles. The van der Waals surface area contributed by atoms with Crippen molar-refractivity contribution in [3.05, 3.63) is 40.9 Å². The van der Waals surface area contributed by atoms with Gasteiger partial charge < -0.3 is 9.73 Å². The lowest BCUT2D eigenvalue weighted by molar-refractivity contribution is 0.459. The van der Waals surface area contributed by atoms with E-state index in [-0.39, 0.29) is 0 Å². The molecule has 2 rings (SSSR count). The average Bonchev–Trinajstić information content (AvgIpc) is 2.79. The Morgan fingerprint density at radius 1 is 1.39 bits per heavy atom. The van der Waals surface area contributed by atoms with Crippen molar-refractivity contribution in [3.63, 3.8) is 0 Å². The van der Waals surface area contributed by atoms with Gasteiger partial charge in [0.2, 0.25) is 5.89 Å². The van der Waals surface area contributed by atoms with Gasteiger partial charge in [-0.3, -0.25) is 0 Å². The van der Waals surface area contributed by atoms with E-state index in [1.54, 1.807) is 6.20 Å². The van der Waals surface area contributed by atoms with Gasteiger partial charge >= 0.3 is 0 Å². The fourth-order valence-corrected chi connectivity index (χ4v) is 1.73. The first-order valence-electron chi connectivity index (χ1n) is 6.01. The van der Waals surface area contributed by atoms with Crippen LogP contribution in [0, 0.1) is 6.92 Å². The predicted octanol–water partition coefficient (Wildman–Crippen LogP) is 3.80. The SMILES string of the molecule is Cc1cc(-c2cnc(CNC(C)C)o2)ccc1Cl. The lowest BCUT2D eigenvalue weighted by atomic mass is 10.1. The van der Waals surface area contributed by atoms with Gasteiger partial charge in [0.25, 0.3) is 0 Å². The van der Waals surface area contributed by atoms with Gasteiger partial charge in [0.15, 0.2) is 5.76 Å². The Balaban J connectivity index is 2.16. The third kappa shape index (κ3) is 3.12. The molecule has 0 aliphatic heterocycles. The number of hydrogen-bond donors (Lipinski definition) is 1. The Kier molecular flexibility index (Phi) is 4.04. The third-order valence-corrected chi connectivity index (χ3v) is 3.08. The van der Waals surface area contributed by atoms with E-state index in [9.17, 15) is 0 Å². The molecule has 0 unspecified atom stereocenters. The Morgan fingerprint density at radius 2 is 2.17 bits per heavy atom. The van der Waals surface area contributed by atoms with Crippen molar-refractivity contribution in [1.82, 2.24) is 10.3 Å². The Bertz CT molecular complexity index is 534. The molecule has 1 heterocycles. The van der Waals surface area contributed by atoms with Gasteiger partial charge in [0.05, 0.1) is 12.7 Å². The van der Waals surface area contributed by atoms with Crippen molar-refractivity contribution in [2.45, 2.75) is 33.4 Å². The first-order valence-corrected chi connectivity index (χ1v) is 6.38. The number of aryl methyl sites for hydroxylation is 1. The molecule has 3 nitrogen and oxygen atoms in total. The molecule has 1 N–H and O–H groups in total. The number of hydrogen-bond acceptors (Lipinski definition) is 3. The Morgan fingerprint density at radius 3 is 2.83 bits per heavy atom. The second-order valence-corrected chi connectivity index (χ2v) is 5.03. The topological polar surface area (TPSA) is 38.1 Å². The number of aromatic nitrogens is 1. The van der Waals surface area contributed by atoms with E-state index in [0.717, 1.165) is 21.9 Å². The monoisotopic (exact) mass is 264 g/mol. The van der Waals surface area contributed by atoms with E-state index >= 15 is 0 Å². The maximum absolute atomic E-state index is 6.00. The van der Waals surface area contributed by atoms with Crippen LogP contribution in [-0.2, 0) is 6.54 Å². The minimum atomic E-state index is 0.415. The van der Waals surface area contributed by atoms with Gasteiger partial charge in [0.1, 0.15) is 0 Å². The van der Waals surface area contributed by atoms with E-state index in [0.29, 0.717) is 18.5 Å². The highest BCUT2D eigenvalue weighted by Gasteiger charge is 2.07. The number of nitrogens with zero attached hydrogens (tertiary/aromatic N) is 1. The summed E-state index contributed by atoms with van der Waals surface area (Å²) in [6, 6.07) is 6.23. The Labute approximate surface area is 112 Å². The number of oxazole rings is 1. The van der Waals surface area contributed by atoms with Crippen LogP contribution in [0.25, 0.3) is 11.3 Å². The van der Waals surface area contributed by atoms with Gasteiger partial charge in [-0.05, 0) is 30.7 Å². The first-order chi connectivity index (χ1) is 8.56. The third-order valence-electron chi connectivity index (χ3n) is 2.66. The smallest absolute Gasteiger partial charge is 0.208 e. The molecule has 2 aromatic rings. The van der Waals surface area contributed by atoms with E-state index in [1.807, 2.05) is 25.1 Å². The zero-order valence-corrected chi connectivity index (χ0v) is 11.6. The molecular weight excluding hydrogens is 248 g/mol. The van der Waals surface area contributed by atoms with E-state index in [1.165, 1.54) is 0 Å². The predicted molar refractivity (Wildman–Crippen MR) is 73.7 cm³/mol. The molecule has 1 aromatic carbocycles. The molecule has 0 amide bonds. The molecule has 0 aliphatic rings. The molecule has 0 fully saturated rings. The quantitative estimate of drug-likeness (QED) is 0.913. The van der Waals surface area contributed by atoms with Gasteiger partial charge in [-0.2, -0.15) is 0 Å². The molecule has 96 valence electrons. The molecule has 0 spiro atoms. The van der Waals surface area contributed by atoms with Crippen molar-refractivity contribution < 1.29 is 4.42 Å². The summed E-state index contributed by atoms with van der Waals surface area (Å²) >= 11 is 6.00. The van der Waals surface area contributed by atoms with E-state index in [2.05, 4.69) is 24.1 Å². The summed E-state index contributed by atoms with van der Waals surface area (Å²) in [7, 11) is 0. The van der Waals surface area contributed by atoms with Crippen molar-refractivity contribution >= 4 is 11.6 Å². The summed E-state index contributed by atoms with van der Waals surface area (Å²) in [5.74, 6) is 1.47. The summed E-state index contributed by atoms with van der Waals surface area (Å²) < 4.78 is 5.70. The summed E-state index contributed by atoms with van der Waals surface area (Å²) in [5, 5.41) is 4.03. The molecular formula is C14H17ClN2O. The molecule has 0 bridgehead atoms. The van der Waals surface area contributed by atoms with Crippen molar-refractivity contribution in [2.24, 2.45) is 0 Å². The van der Waals surface area contributed by atoms with E-state index < -0.39 is 0 Å². The first kappa shape index (κ1) is 13.1. The van der Waals surface area contributed by atoms with Crippen LogP contribution in [0.15, 0.2) is 28.8 Å². The lowest BCUT2D eigenvalue weighted by Gasteiger charge is -2.04. The number of benzene rings is 1. The van der Waals surface area contributed by atoms with Gasteiger partial charge in [-0.15, -0.1) is 0 Å². The normalized spacial score (nSPS) is 11.2. The molecule has 0 radical (unpaired) electrons. The summed E-state index contributed by atoms with van der Waals surface area (Å²) in [6.07, 6.45) is 1.75. The summed E-state index contributed by atoms with van der Waals surface area (Å²) in [6.45, 7) is 6.80. The minimum absolute atomic E-state index is 0.415. The molecule has 0 aliphatic carbocycles. The maximum atomic E-state index is 6.00. The van der Waals surface area contributed by atoms with Crippen molar-refractivity contribution in [2.75, 3.05) is 0 Å². The van der Waals surface area contributed by atoms with Crippen LogP contribution < -0.4 is 5.32 Å². The summed E-state index contributed by atoms with van der Waals surface area (Å²) in [5.41, 5.74) is 2.03. The van der Waals surface area contributed by atoms with Crippen LogP contribution in [0.4, 0.5) is 0 Å².